The van der Waals surface area contributed by atoms with Crippen LogP contribution in [0.3, 0.4) is 0 Å². The zero-order valence-corrected chi connectivity index (χ0v) is 15.0. The maximum absolute atomic E-state index is 12.2. The minimum absolute atomic E-state index is 0.0527. The van der Waals surface area contributed by atoms with E-state index in [4.69, 9.17) is 16.3 Å². The summed E-state index contributed by atoms with van der Waals surface area (Å²) in [4.78, 5) is 20.3. The first-order chi connectivity index (χ1) is 11.5. The third kappa shape index (κ3) is 3.49. The number of fused-ring (bicyclic) bond motifs is 2. The van der Waals surface area contributed by atoms with Crippen molar-refractivity contribution in [2.24, 2.45) is 5.92 Å². The van der Waals surface area contributed by atoms with Crippen molar-refractivity contribution in [3.63, 3.8) is 0 Å². The van der Waals surface area contributed by atoms with Crippen LogP contribution in [0.2, 0.25) is 5.02 Å². The fourth-order valence-electron chi connectivity index (χ4n) is 3.79. The molecule has 3 atom stereocenters. The number of carbonyl (C=O) groups excluding carboxylic acids is 1. The second-order valence-electron chi connectivity index (χ2n) is 7.18. The lowest BCUT2D eigenvalue weighted by molar-refractivity contribution is -0.126. The van der Waals surface area contributed by atoms with Gasteiger partial charge in [0.25, 0.3) is 0 Å². The van der Waals surface area contributed by atoms with Crippen molar-refractivity contribution in [3.8, 4) is 0 Å². The second kappa shape index (κ2) is 6.84. The first-order valence-electron chi connectivity index (χ1n) is 8.63. The Morgan fingerprint density at radius 3 is 3.00 bits per heavy atom. The van der Waals surface area contributed by atoms with Gasteiger partial charge in [0.2, 0.25) is 5.91 Å². The van der Waals surface area contributed by atoms with Crippen LogP contribution >= 0.6 is 11.6 Å². The van der Waals surface area contributed by atoms with Crippen molar-refractivity contribution in [2.75, 3.05) is 18.5 Å². The summed E-state index contributed by atoms with van der Waals surface area (Å²) in [6.07, 6.45) is 7.75. The van der Waals surface area contributed by atoms with Crippen LogP contribution in [-0.2, 0) is 9.53 Å². The summed E-state index contributed by atoms with van der Waals surface area (Å²) in [5.41, 5.74) is -0.425. The molecule has 1 aliphatic carbocycles. The van der Waals surface area contributed by atoms with E-state index in [1.165, 1.54) is 6.33 Å². The Balaban J connectivity index is 1.59. The topological polar surface area (TPSA) is 76.1 Å². The average molecular weight is 353 g/mol. The molecule has 0 spiro atoms. The van der Waals surface area contributed by atoms with E-state index < -0.39 is 0 Å². The predicted molar refractivity (Wildman–Crippen MR) is 93.0 cm³/mol. The van der Waals surface area contributed by atoms with Crippen LogP contribution in [0.15, 0.2) is 12.5 Å². The number of anilines is 1. The fraction of sp³-hybridized carbons (Fsp3) is 0.706. The summed E-state index contributed by atoms with van der Waals surface area (Å²) in [6.45, 7) is 5.25. The summed E-state index contributed by atoms with van der Waals surface area (Å²) in [5, 5.41) is 7.04. The van der Waals surface area contributed by atoms with Crippen molar-refractivity contribution in [1.82, 2.24) is 15.3 Å². The van der Waals surface area contributed by atoms with E-state index in [9.17, 15) is 4.79 Å². The third-order valence-corrected chi connectivity index (χ3v) is 5.46. The van der Waals surface area contributed by atoms with Gasteiger partial charge in [0.1, 0.15) is 17.2 Å². The van der Waals surface area contributed by atoms with Gasteiger partial charge in [-0.2, -0.15) is 0 Å². The minimum atomic E-state index is -0.270. The molecular formula is C17H25ClN4O2. The number of hydrogen-bond acceptors (Lipinski definition) is 5. The van der Waals surface area contributed by atoms with Gasteiger partial charge in [-0.05, 0) is 19.3 Å². The van der Waals surface area contributed by atoms with E-state index in [1.807, 2.05) is 6.92 Å². The number of nitrogens with zero attached hydrogens (tertiary/aromatic N) is 2. The molecule has 0 aromatic carbocycles. The summed E-state index contributed by atoms with van der Waals surface area (Å²) < 4.78 is 6.08. The number of rotatable bonds is 7. The number of ether oxygens (including phenoxy) is 1. The highest BCUT2D eigenvalue weighted by Gasteiger charge is 2.56. The Kier molecular flexibility index (Phi) is 4.97. The molecule has 132 valence electrons. The molecule has 2 fully saturated rings. The molecular weight excluding hydrogens is 328 g/mol. The number of halogens is 1. The standard InChI is InChI=1S/C17H25ClN4O2/c1-3-4-12(2)15(23)20-9-17-6-5-16(8-17,10-24-17)22-14-13(18)7-19-11-21-14/h7,11-12H,3-6,8-10H2,1-2H3,(H,20,23)(H,19,21,22). The highest BCUT2D eigenvalue weighted by molar-refractivity contribution is 6.32. The molecule has 2 N–H and O–H groups in total. The zero-order chi connectivity index (χ0) is 17.2. The Morgan fingerprint density at radius 1 is 1.50 bits per heavy atom. The summed E-state index contributed by atoms with van der Waals surface area (Å²) in [5.74, 6) is 0.816. The zero-order valence-electron chi connectivity index (χ0n) is 14.3. The van der Waals surface area contributed by atoms with Crippen molar-refractivity contribution >= 4 is 23.3 Å². The van der Waals surface area contributed by atoms with Crippen molar-refractivity contribution in [1.29, 1.82) is 0 Å². The van der Waals surface area contributed by atoms with Gasteiger partial charge in [0.15, 0.2) is 0 Å². The van der Waals surface area contributed by atoms with Crippen LogP contribution in [0, 0.1) is 5.92 Å². The molecule has 1 amide bonds. The molecule has 0 radical (unpaired) electrons. The molecule has 1 saturated heterocycles. The largest absolute Gasteiger partial charge is 0.371 e. The van der Waals surface area contributed by atoms with Crippen LogP contribution in [0.4, 0.5) is 5.82 Å². The summed E-state index contributed by atoms with van der Waals surface area (Å²) >= 11 is 6.15. The van der Waals surface area contributed by atoms with Gasteiger partial charge >= 0.3 is 0 Å². The predicted octanol–water partition coefficient (Wildman–Crippen LogP) is 2.79. The van der Waals surface area contributed by atoms with Gasteiger partial charge in [-0.1, -0.05) is 31.9 Å². The molecule has 1 aromatic heterocycles. The Hall–Kier alpha value is -1.40. The number of amides is 1. The van der Waals surface area contributed by atoms with Gasteiger partial charge in [-0.15, -0.1) is 0 Å². The monoisotopic (exact) mass is 352 g/mol. The van der Waals surface area contributed by atoms with E-state index >= 15 is 0 Å². The molecule has 2 aliphatic rings. The average Bonchev–Trinajstić information content (AvgIpc) is 3.11. The Morgan fingerprint density at radius 2 is 2.33 bits per heavy atom. The molecule has 3 unspecified atom stereocenters. The third-order valence-electron chi connectivity index (χ3n) is 5.18. The molecule has 3 rings (SSSR count). The van der Waals surface area contributed by atoms with Crippen LogP contribution in [0.25, 0.3) is 0 Å². The quantitative estimate of drug-likeness (QED) is 0.789. The lowest BCUT2D eigenvalue weighted by Gasteiger charge is -2.29. The molecule has 1 saturated carbocycles. The summed E-state index contributed by atoms with van der Waals surface area (Å²) in [7, 11) is 0. The normalized spacial score (nSPS) is 29.5. The molecule has 6 nitrogen and oxygen atoms in total. The van der Waals surface area contributed by atoms with Gasteiger partial charge < -0.3 is 15.4 Å². The molecule has 1 aromatic rings. The van der Waals surface area contributed by atoms with E-state index in [0.29, 0.717) is 24.0 Å². The van der Waals surface area contributed by atoms with Crippen LogP contribution < -0.4 is 10.6 Å². The van der Waals surface area contributed by atoms with Crippen molar-refractivity contribution < 1.29 is 9.53 Å². The van der Waals surface area contributed by atoms with Crippen LogP contribution in [0.5, 0.6) is 0 Å². The number of hydrogen-bond donors (Lipinski definition) is 2. The Labute approximate surface area is 147 Å². The molecule has 2 heterocycles. The SMILES string of the molecule is CCCC(C)C(=O)NCC12CCC(Nc3ncncc3Cl)(CO1)C2. The lowest BCUT2D eigenvalue weighted by atomic mass is 9.98. The van der Waals surface area contributed by atoms with E-state index in [-0.39, 0.29) is 23.0 Å². The first kappa shape index (κ1) is 17.4. The second-order valence-corrected chi connectivity index (χ2v) is 7.59. The molecule has 2 bridgehead atoms. The number of carbonyl (C=O) groups is 1. The van der Waals surface area contributed by atoms with Gasteiger partial charge in [0.05, 0.1) is 23.9 Å². The van der Waals surface area contributed by atoms with Gasteiger partial charge in [0, 0.05) is 18.9 Å². The number of aromatic nitrogens is 2. The minimum Gasteiger partial charge on any atom is -0.371 e. The van der Waals surface area contributed by atoms with Crippen LogP contribution in [0.1, 0.15) is 46.0 Å². The molecule has 1 aliphatic heterocycles. The highest BCUT2D eigenvalue weighted by Crippen LogP contribution is 2.48. The van der Waals surface area contributed by atoms with E-state index in [2.05, 4.69) is 27.5 Å². The fourth-order valence-corrected chi connectivity index (χ4v) is 3.94. The van der Waals surface area contributed by atoms with E-state index in [1.54, 1.807) is 6.20 Å². The number of nitrogens with one attached hydrogen (secondary N) is 2. The molecule has 7 heteroatoms. The first-order valence-corrected chi connectivity index (χ1v) is 9.01. The Bertz CT molecular complexity index is 602. The maximum atomic E-state index is 12.2. The van der Waals surface area contributed by atoms with E-state index in [0.717, 1.165) is 32.1 Å². The summed E-state index contributed by atoms with van der Waals surface area (Å²) in [6, 6.07) is 0. The van der Waals surface area contributed by atoms with Gasteiger partial charge in [-0.3, -0.25) is 4.79 Å². The van der Waals surface area contributed by atoms with Gasteiger partial charge in [-0.25, -0.2) is 9.97 Å². The van der Waals surface area contributed by atoms with Crippen LogP contribution in [-0.4, -0.2) is 40.2 Å². The van der Waals surface area contributed by atoms with Crippen molar-refractivity contribution in [2.45, 2.75) is 57.1 Å². The maximum Gasteiger partial charge on any atom is 0.222 e. The lowest BCUT2D eigenvalue weighted by Crippen LogP contribution is -2.43. The smallest absolute Gasteiger partial charge is 0.222 e. The highest BCUT2D eigenvalue weighted by atomic mass is 35.5. The van der Waals surface area contributed by atoms with Crippen molar-refractivity contribution in [3.05, 3.63) is 17.5 Å². The molecule has 24 heavy (non-hydrogen) atoms.